The molecule has 7 heteroatoms. The first-order chi connectivity index (χ1) is 15.6. The number of hydrogen-bond donors (Lipinski definition) is 1. The maximum absolute atomic E-state index is 13.1. The molecule has 1 aromatic carbocycles. The van der Waals surface area contributed by atoms with Gasteiger partial charge in [0.1, 0.15) is 5.56 Å². The van der Waals surface area contributed by atoms with E-state index in [9.17, 15) is 14.4 Å². The topological polar surface area (TPSA) is 84.3 Å². The summed E-state index contributed by atoms with van der Waals surface area (Å²) in [6, 6.07) is 15.4. The van der Waals surface area contributed by atoms with Gasteiger partial charge < -0.3 is 14.8 Å². The van der Waals surface area contributed by atoms with Crippen LogP contribution in [0.2, 0.25) is 0 Å². The number of amides is 2. The maximum Gasteiger partial charge on any atom is 0.263 e. The summed E-state index contributed by atoms with van der Waals surface area (Å²) in [6.45, 7) is 1.30. The van der Waals surface area contributed by atoms with Crippen LogP contribution in [0.15, 0.2) is 65.7 Å². The summed E-state index contributed by atoms with van der Waals surface area (Å²) in [4.78, 5) is 44.6. The molecule has 1 N–H and O–H groups in total. The van der Waals surface area contributed by atoms with Crippen molar-refractivity contribution in [1.82, 2.24) is 19.8 Å². The van der Waals surface area contributed by atoms with Crippen molar-refractivity contribution in [3.8, 4) is 0 Å². The molecule has 1 aliphatic heterocycles. The Hall–Kier alpha value is -3.74. The van der Waals surface area contributed by atoms with Gasteiger partial charge in [-0.05, 0) is 41.7 Å². The number of nitrogens with zero attached hydrogens (tertiary/aromatic N) is 3. The lowest BCUT2D eigenvalue weighted by Crippen LogP contribution is -2.41. The zero-order chi connectivity index (χ0) is 22.5. The molecule has 164 valence electrons. The molecule has 0 aliphatic carbocycles. The van der Waals surface area contributed by atoms with Crippen molar-refractivity contribution < 1.29 is 9.59 Å². The monoisotopic (exact) mass is 430 g/mol. The Labute approximate surface area is 186 Å². The number of carbonyl (C=O) groups is 2. The Balaban J connectivity index is 1.61. The highest BCUT2D eigenvalue weighted by molar-refractivity contribution is 5.95. The molecule has 2 aromatic heterocycles. The number of hydrogen-bond acceptors (Lipinski definition) is 4. The Morgan fingerprint density at radius 2 is 1.88 bits per heavy atom. The van der Waals surface area contributed by atoms with Gasteiger partial charge in [-0.2, -0.15) is 0 Å². The molecule has 2 amide bonds. The van der Waals surface area contributed by atoms with Crippen LogP contribution in [-0.2, 0) is 37.1 Å². The molecular formula is C25H26N4O3. The summed E-state index contributed by atoms with van der Waals surface area (Å²) in [7, 11) is 1.53. The smallest absolute Gasteiger partial charge is 0.263 e. The molecule has 0 unspecified atom stereocenters. The maximum atomic E-state index is 13.1. The largest absolute Gasteiger partial charge is 0.355 e. The molecule has 7 nitrogen and oxygen atoms in total. The summed E-state index contributed by atoms with van der Waals surface area (Å²) in [5.74, 6) is -0.397. The third kappa shape index (κ3) is 4.61. The third-order valence-electron chi connectivity index (χ3n) is 5.82. The minimum atomic E-state index is -0.381. The fourth-order valence-corrected chi connectivity index (χ4v) is 4.11. The summed E-state index contributed by atoms with van der Waals surface area (Å²) in [5.41, 5.74) is 3.33. The SMILES string of the molecule is CNC(=O)c1c2c(cn(CCc3ccccc3)c1=O)CN(C(=O)Cc1ccccn1)CC2. The van der Waals surface area contributed by atoms with Crippen LogP contribution in [0.3, 0.4) is 0 Å². The lowest BCUT2D eigenvalue weighted by molar-refractivity contribution is -0.131. The van der Waals surface area contributed by atoms with Crippen molar-refractivity contribution >= 4 is 11.8 Å². The van der Waals surface area contributed by atoms with Crippen LogP contribution in [-0.4, -0.2) is 39.9 Å². The molecule has 0 radical (unpaired) electrons. The number of aromatic nitrogens is 2. The number of aryl methyl sites for hydroxylation is 2. The van der Waals surface area contributed by atoms with E-state index >= 15 is 0 Å². The molecule has 3 heterocycles. The minimum absolute atomic E-state index is 0.0159. The van der Waals surface area contributed by atoms with Crippen LogP contribution in [0, 0.1) is 0 Å². The Kier molecular flexibility index (Phi) is 6.44. The summed E-state index contributed by atoms with van der Waals surface area (Å²) >= 11 is 0. The fourth-order valence-electron chi connectivity index (χ4n) is 4.11. The van der Waals surface area contributed by atoms with E-state index in [2.05, 4.69) is 10.3 Å². The van der Waals surface area contributed by atoms with Gasteiger partial charge in [-0.25, -0.2) is 0 Å². The van der Waals surface area contributed by atoms with Gasteiger partial charge in [-0.1, -0.05) is 36.4 Å². The standard InChI is InChI=1S/C25H26N4O3/c1-26-24(31)23-21-11-14-28(22(30)15-20-9-5-6-12-27-20)16-19(21)17-29(25(23)32)13-10-18-7-3-2-4-8-18/h2-9,12,17H,10-11,13-16H2,1H3,(H,26,31). The quantitative estimate of drug-likeness (QED) is 0.648. The predicted molar refractivity (Wildman–Crippen MR) is 121 cm³/mol. The number of nitrogens with one attached hydrogen (secondary N) is 1. The fraction of sp³-hybridized carbons (Fsp3) is 0.280. The van der Waals surface area contributed by atoms with E-state index in [0.29, 0.717) is 32.5 Å². The van der Waals surface area contributed by atoms with Crippen molar-refractivity contribution in [1.29, 1.82) is 0 Å². The molecule has 0 saturated carbocycles. The number of pyridine rings is 2. The highest BCUT2D eigenvalue weighted by Crippen LogP contribution is 2.22. The molecule has 0 bridgehead atoms. The second-order valence-corrected chi connectivity index (χ2v) is 7.88. The van der Waals surface area contributed by atoms with E-state index in [1.165, 1.54) is 7.05 Å². The third-order valence-corrected chi connectivity index (χ3v) is 5.82. The van der Waals surface area contributed by atoms with Crippen molar-refractivity contribution in [2.45, 2.75) is 32.4 Å². The van der Waals surface area contributed by atoms with Crippen molar-refractivity contribution in [3.05, 3.63) is 99.2 Å². The minimum Gasteiger partial charge on any atom is -0.355 e. The van der Waals surface area contributed by atoms with E-state index < -0.39 is 0 Å². The zero-order valence-electron chi connectivity index (χ0n) is 18.1. The Bertz CT molecular complexity index is 1170. The first-order valence-corrected chi connectivity index (χ1v) is 10.8. The second kappa shape index (κ2) is 9.60. The van der Waals surface area contributed by atoms with Crippen molar-refractivity contribution in [3.63, 3.8) is 0 Å². The first kappa shape index (κ1) is 21.5. The van der Waals surface area contributed by atoms with Gasteiger partial charge in [0.05, 0.1) is 6.42 Å². The van der Waals surface area contributed by atoms with Crippen LogP contribution < -0.4 is 10.9 Å². The highest BCUT2D eigenvalue weighted by atomic mass is 16.2. The van der Waals surface area contributed by atoms with E-state index in [1.807, 2.05) is 54.7 Å². The lowest BCUT2D eigenvalue weighted by atomic mass is 9.95. The average Bonchev–Trinajstić information content (AvgIpc) is 2.83. The van der Waals surface area contributed by atoms with Gasteiger partial charge in [-0.15, -0.1) is 0 Å². The molecular weight excluding hydrogens is 404 g/mol. The molecule has 0 fully saturated rings. The zero-order valence-corrected chi connectivity index (χ0v) is 18.1. The lowest BCUT2D eigenvalue weighted by Gasteiger charge is -2.30. The van der Waals surface area contributed by atoms with Crippen LogP contribution >= 0.6 is 0 Å². The number of fused-ring (bicyclic) bond motifs is 1. The molecule has 4 rings (SSSR count). The average molecular weight is 431 g/mol. The molecule has 0 atom stereocenters. The molecule has 3 aromatic rings. The molecule has 32 heavy (non-hydrogen) atoms. The van der Waals surface area contributed by atoms with Gasteiger partial charge in [0, 0.05) is 44.8 Å². The van der Waals surface area contributed by atoms with E-state index in [1.54, 1.807) is 15.7 Å². The number of rotatable bonds is 6. The van der Waals surface area contributed by atoms with E-state index in [-0.39, 0.29) is 29.4 Å². The highest BCUT2D eigenvalue weighted by Gasteiger charge is 2.27. The normalized spacial score (nSPS) is 12.8. The van der Waals surface area contributed by atoms with E-state index in [0.717, 1.165) is 22.4 Å². The molecule has 1 aliphatic rings. The van der Waals surface area contributed by atoms with Crippen molar-refractivity contribution in [2.75, 3.05) is 13.6 Å². The molecule has 0 saturated heterocycles. The Morgan fingerprint density at radius 3 is 2.59 bits per heavy atom. The van der Waals surface area contributed by atoms with Gasteiger partial charge in [0.25, 0.3) is 11.5 Å². The predicted octanol–water partition coefficient (Wildman–Crippen LogP) is 1.97. The number of benzene rings is 1. The second-order valence-electron chi connectivity index (χ2n) is 7.88. The van der Waals surface area contributed by atoms with Gasteiger partial charge in [0.2, 0.25) is 5.91 Å². The van der Waals surface area contributed by atoms with Crippen LogP contribution in [0.5, 0.6) is 0 Å². The van der Waals surface area contributed by atoms with Gasteiger partial charge in [-0.3, -0.25) is 19.4 Å². The van der Waals surface area contributed by atoms with Crippen LogP contribution in [0.4, 0.5) is 0 Å². The summed E-state index contributed by atoms with van der Waals surface area (Å²) < 4.78 is 1.60. The van der Waals surface area contributed by atoms with Gasteiger partial charge >= 0.3 is 0 Å². The van der Waals surface area contributed by atoms with Crippen molar-refractivity contribution in [2.24, 2.45) is 0 Å². The summed E-state index contributed by atoms with van der Waals surface area (Å²) in [6.07, 6.45) is 4.87. The van der Waals surface area contributed by atoms with Crippen LogP contribution in [0.1, 0.15) is 32.7 Å². The Morgan fingerprint density at radius 1 is 1.09 bits per heavy atom. The van der Waals surface area contributed by atoms with E-state index in [4.69, 9.17) is 0 Å². The number of carbonyl (C=O) groups excluding carboxylic acids is 2. The van der Waals surface area contributed by atoms with Gasteiger partial charge in [0.15, 0.2) is 0 Å². The first-order valence-electron chi connectivity index (χ1n) is 10.8. The van der Waals surface area contributed by atoms with Crippen LogP contribution in [0.25, 0.3) is 0 Å². The molecule has 0 spiro atoms. The summed E-state index contributed by atoms with van der Waals surface area (Å²) in [5, 5.41) is 2.60.